The van der Waals surface area contributed by atoms with Gasteiger partial charge in [0, 0.05) is 22.6 Å². The van der Waals surface area contributed by atoms with E-state index in [1.807, 2.05) is 36.4 Å². The number of rotatable bonds is 3. The Morgan fingerprint density at radius 1 is 0.933 bits per heavy atom. The Hall–Kier alpha value is -3.86. The first-order chi connectivity index (χ1) is 14.6. The SMILES string of the molecule is O=C1C[C@@H](C2=Cc3ccccc3OC2)c2c(ccc(C(=O)c3ccccc3)c2O)O1. The highest BCUT2D eigenvalue weighted by Crippen LogP contribution is 2.47. The normalized spacial score (nSPS) is 17.1. The van der Waals surface area contributed by atoms with E-state index in [1.54, 1.807) is 30.3 Å². The van der Waals surface area contributed by atoms with E-state index in [4.69, 9.17) is 9.47 Å². The quantitative estimate of drug-likeness (QED) is 0.400. The Balaban J connectivity index is 1.61. The van der Waals surface area contributed by atoms with Crippen LogP contribution < -0.4 is 9.47 Å². The average molecular weight is 398 g/mol. The zero-order chi connectivity index (χ0) is 20.7. The molecule has 3 aromatic carbocycles. The van der Waals surface area contributed by atoms with Crippen LogP contribution in [0.4, 0.5) is 0 Å². The van der Waals surface area contributed by atoms with Crippen molar-refractivity contribution in [3.05, 3.63) is 94.6 Å². The van der Waals surface area contributed by atoms with Crippen LogP contribution in [0.2, 0.25) is 0 Å². The molecule has 0 fully saturated rings. The van der Waals surface area contributed by atoms with Crippen molar-refractivity contribution in [1.29, 1.82) is 0 Å². The molecule has 3 aromatic rings. The highest BCUT2D eigenvalue weighted by molar-refractivity contribution is 6.11. The number of ether oxygens (including phenoxy) is 2. The molecule has 0 saturated carbocycles. The van der Waals surface area contributed by atoms with Crippen LogP contribution in [0.1, 0.15) is 39.4 Å². The summed E-state index contributed by atoms with van der Waals surface area (Å²) in [6.07, 6.45) is 2.05. The van der Waals surface area contributed by atoms with Crippen molar-refractivity contribution in [3.8, 4) is 17.2 Å². The van der Waals surface area contributed by atoms with Gasteiger partial charge >= 0.3 is 5.97 Å². The minimum atomic E-state index is -0.432. The Morgan fingerprint density at radius 2 is 1.70 bits per heavy atom. The molecular weight excluding hydrogens is 380 g/mol. The highest BCUT2D eigenvalue weighted by Gasteiger charge is 2.35. The summed E-state index contributed by atoms with van der Waals surface area (Å²) in [4.78, 5) is 25.2. The molecule has 5 heteroatoms. The first-order valence-corrected chi connectivity index (χ1v) is 9.70. The van der Waals surface area contributed by atoms with E-state index >= 15 is 0 Å². The molecule has 0 bridgehead atoms. The predicted octanol–water partition coefficient (Wildman–Crippen LogP) is 4.49. The molecule has 5 nitrogen and oxygen atoms in total. The number of phenolic OH excluding ortho intramolecular Hbond substituents is 1. The summed E-state index contributed by atoms with van der Waals surface area (Å²) in [6, 6.07) is 19.5. The average Bonchev–Trinajstić information content (AvgIpc) is 2.78. The molecule has 0 aromatic heterocycles. The molecular formula is C25H18O5. The Labute approximate surface area is 173 Å². The molecule has 0 aliphatic carbocycles. The van der Waals surface area contributed by atoms with Crippen molar-refractivity contribution >= 4 is 17.8 Å². The van der Waals surface area contributed by atoms with Crippen LogP contribution in [0.15, 0.2) is 72.3 Å². The van der Waals surface area contributed by atoms with Gasteiger partial charge in [0.25, 0.3) is 0 Å². The van der Waals surface area contributed by atoms with Gasteiger partial charge in [-0.05, 0) is 29.8 Å². The molecule has 5 rings (SSSR count). The second kappa shape index (κ2) is 7.19. The molecule has 1 atom stereocenters. The molecule has 0 unspecified atom stereocenters. The predicted molar refractivity (Wildman–Crippen MR) is 111 cm³/mol. The summed E-state index contributed by atoms with van der Waals surface area (Å²) in [5.41, 5.74) is 2.87. The Bertz CT molecular complexity index is 1190. The van der Waals surface area contributed by atoms with Crippen molar-refractivity contribution in [3.63, 3.8) is 0 Å². The number of carbonyl (C=O) groups is 2. The van der Waals surface area contributed by atoms with E-state index in [0.717, 1.165) is 16.9 Å². The maximum absolute atomic E-state index is 13.0. The summed E-state index contributed by atoms with van der Waals surface area (Å²) >= 11 is 0. The largest absolute Gasteiger partial charge is 0.507 e. The van der Waals surface area contributed by atoms with Gasteiger partial charge in [-0.1, -0.05) is 48.5 Å². The number of hydrogen-bond acceptors (Lipinski definition) is 5. The fraction of sp³-hybridized carbons (Fsp3) is 0.120. The molecule has 0 radical (unpaired) electrons. The zero-order valence-electron chi connectivity index (χ0n) is 16.0. The fourth-order valence-corrected chi connectivity index (χ4v) is 4.03. The van der Waals surface area contributed by atoms with Crippen LogP contribution >= 0.6 is 0 Å². The molecule has 0 saturated heterocycles. The van der Waals surface area contributed by atoms with Crippen molar-refractivity contribution in [2.24, 2.45) is 0 Å². The topological polar surface area (TPSA) is 72.8 Å². The maximum atomic E-state index is 13.0. The van der Waals surface area contributed by atoms with Gasteiger partial charge in [0.2, 0.25) is 0 Å². The first kappa shape index (κ1) is 18.2. The van der Waals surface area contributed by atoms with Crippen LogP contribution in [-0.4, -0.2) is 23.5 Å². The van der Waals surface area contributed by atoms with E-state index in [1.165, 1.54) is 6.07 Å². The Morgan fingerprint density at radius 3 is 2.53 bits per heavy atom. The van der Waals surface area contributed by atoms with Crippen LogP contribution in [0.25, 0.3) is 6.08 Å². The fourth-order valence-electron chi connectivity index (χ4n) is 4.03. The van der Waals surface area contributed by atoms with Gasteiger partial charge in [-0.25, -0.2) is 0 Å². The lowest BCUT2D eigenvalue weighted by Gasteiger charge is -2.30. The van der Waals surface area contributed by atoms with Gasteiger partial charge in [-0.15, -0.1) is 0 Å². The maximum Gasteiger partial charge on any atom is 0.312 e. The number of esters is 1. The van der Waals surface area contributed by atoms with Crippen molar-refractivity contribution in [2.75, 3.05) is 6.61 Å². The lowest BCUT2D eigenvalue weighted by molar-refractivity contribution is -0.135. The molecule has 148 valence electrons. The molecule has 1 N–H and O–H groups in total. The standard InChI is InChI=1S/C25H18O5/c26-22-13-19(17-12-16-8-4-5-9-20(16)29-14-17)23-21(30-22)11-10-18(25(23)28)24(27)15-6-2-1-3-7-15/h1-12,19,28H,13-14H2/t19-/m0/s1. The van der Waals surface area contributed by atoms with Gasteiger partial charge in [-0.2, -0.15) is 0 Å². The molecule has 2 aliphatic heterocycles. The van der Waals surface area contributed by atoms with Gasteiger partial charge < -0.3 is 14.6 Å². The van der Waals surface area contributed by atoms with Gasteiger partial charge in [0.15, 0.2) is 5.78 Å². The molecule has 0 spiro atoms. The van der Waals surface area contributed by atoms with E-state index in [9.17, 15) is 14.7 Å². The minimum Gasteiger partial charge on any atom is -0.507 e. The summed E-state index contributed by atoms with van der Waals surface area (Å²) in [6.45, 7) is 0.296. The third kappa shape index (κ3) is 3.05. The highest BCUT2D eigenvalue weighted by atomic mass is 16.5. The molecule has 2 heterocycles. The van der Waals surface area contributed by atoms with Gasteiger partial charge in [-0.3, -0.25) is 9.59 Å². The smallest absolute Gasteiger partial charge is 0.312 e. The number of para-hydroxylation sites is 1. The number of carbonyl (C=O) groups excluding carboxylic acids is 2. The molecule has 0 amide bonds. The number of benzene rings is 3. The second-order valence-electron chi connectivity index (χ2n) is 7.35. The summed E-state index contributed by atoms with van der Waals surface area (Å²) in [7, 11) is 0. The second-order valence-corrected chi connectivity index (χ2v) is 7.35. The minimum absolute atomic E-state index is 0.0703. The number of aromatic hydroxyl groups is 1. The molecule has 2 aliphatic rings. The number of hydrogen-bond donors (Lipinski definition) is 1. The summed E-state index contributed by atoms with van der Waals surface area (Å²) < 4.78 is 11.2. The van der Waals surface area contributed by atoms with E-state index in [-0.39, 0.29) is 35.2 Å². The lowest BCUT2D eigenvalue weighted by atomic mass is 9.82. The van der Waals surface area contributed by atoms with E-state index in [0.29, 0.717) is 17.7 Å². The molecule has 30 heavy (non-hydrogen) atoms. The summed E-state index contributed by atoms with van der Waals surface area (Å²) in [5.74, 6) is -0.202. The van der Waals surface area contributed by atoms with Crippen LogP contribution in [0, 0.1) is 0 Å². The van der Waals surface area contributed by atoms with E-state index < -0.39 is 5.92 Å². The van der Waals surface area contributed by atoms with Crippen LogP contribution in [-0.2, 0) is 4.79 Å². The lowest BCUT2D eigenvalue weighted by Crippen LogP contribution is -2.25. The van der Waals surface area contributed by atoms with Crippen molar-refractivity contribution in [1.82, 2.24) is 0 Å². The first-order valence-electron chi connectivity index (χ1n) is 9.70. The third-order valence-corrected chi connectivity index (χ3v) is 5.50. The van der Waals surface area contributed by atoms with Crippen molar-refractivity contribution in [2.45, 2.75) is 12.3 Å². The summed E-state index contributed by atoms with van der Waals surface area (Å²) in [5, 5.41) is 11.1. The zero-order valence-corrected chi connectivity index (χ0v) is 16.0. The monoisotopic (exact) mass is 398 g/mol. The van der Waals surface area contributed by atoms with Crippen LogP contribution in [0.3, 0.4) is 0 Å². The van der Waals surface area contributed by atoms with Crippen LogP contribution in [0.5, 0.6) is 17.2 Å². The van der Waals surface area contributed by atoms with Gasteiger partial charge in [0.05, 0.1) is 12.0 Å². The van der Waals surface area contributed by atoms with Crippen molar-refractivity contribution < 1.29 is 24.2 Å². The number of ketones is 1. The number of phenols is 1. The van der Waals surface area contributed by atoms with E-state index in [2.05, 4.69) is 0 Å². The number of fused-ring (bicyclic) bond motifs is 2. The van der Waals surface area contributed by atoms with Gasteiger partial charge in [0.1, 0.15) is 23.9 Å². The third-order valence-electron chi connectivity index (χ3n) is 5.50. The Kier molecular flexibility index (Phi) is 4.36.